The largest absolute Gasteiger partial charge is 0.478 e. The lowest BCUT2D eigenvalue weighted by Crippen LogP contribution is -2.32. The molecule has 3 aromatic rings. The van der Waals surface area contributed by atoms with Gasteiger partial charge in [0.1, 0.15) is 0 Å². The highest BCUT2D eigenvalue weighted by molar-refractivity contribution is 7.91. The van der Waals surface area contributed by atoms with Crippen LogP contribution in [0.15, 0.2) is 76.5 Å². The lowest BCUT2D eigenvalue weighted by atomic mass is 10.1. The molecule has 0 saturated carbocycles. The first-order valence-corrected chi connectivity index (χ1v) is 12.3. The zero-order valence-corrected chi connectivity index (χ0v) is 19.9. The van der Waals surface area contributed by atoms with Crippen LogP contribution in [0, 0.1) is 6.92 Å². The Labute approximate surface area is 198 Å². The predicted octanol–water partition coefficient (Wildman–Crippen LogP) is 4.43. The fraction of sp³-hybridized carbons (Fsp3) is 0.240. The first kappa shape index (κ1) is 24.9. The van der Waals surface area contributed by atoms with Gasteiger partial charge >= 0.3 is 5.97 Å². The quantitative estimate of drug-likeness (QED) is 0.412. The SMILES string of the molecule is Cc1ccc(S(=O)(=O)c2ccc(C[C@@H](C)NC[C@H](O)c3cccc(Cl)c3)cc2)c(C(=O)O)c1. The molecule has 3 N–H and O–H groups in total. The third kappa shape index (κ3) is 6.21. The van der Waals surface area contributed by atoms with Crippen molar-refractivity contribution < 1.29 is 23.4 Å². The maximum Gasteiger partial charge on any atom is 0.337 e. The van der Waals surface area contributed by atoms with Crippen LogP contribution >= 0.6 is 11.6 Å². The van der Waals surface area contributed by atoms with Gasteiger partial charge in [0.25, 0.3) is 0 Å². The molecule has 0 amide bonds. The molecule has 0 fully saturated rings. The van der Waals surface area contributed by atoms with Crippen molar-refractivity contribution in [3.63, 3.8) is 0 Å². The molecule has 0 unspecified atom stereocenters. The number of hydrogen-bond acceptors (Lipinski definition) is 5. The van der Waals surface area contributed by atoms with Gasteiger partial charge in [0, 0.05) is 17.6 Å². The molecule has 0 bridgehead atoms. The van der Waals surface area contributed by atoms with E-state index in [1.807, 2.05) is 13.0 Å². The van der Waals surface area contributed by atoms with Gasteiger partial charge in [-0.3, -0.25) is 0 Å². The summed E-state index contributed by atoms with van der Waals surface area (Å²) in [5.74, 6) is -1.28. The molecule has 33 heavy (non-hydrogen) atoms. The van der Waals surface area contributed by atoms with Crippen LogP contribution in [-0.4, -0.2) is 37.2 Å². The number of carboxylic acids is 1. The van der Waals surface area contributed by atoms with Crippen molar-refractivity contribution in [3.05, 3.63) is 94.0 Å². The molecule has 3 rings (SSSR count). The highest BCUT2D eigenvalue weighted by atomic mass is 35.5. The van der Waals surface area contributed by atoms with E-state index in [2.05, 4.69) is 5.32 Å². The van der Waals surface area contributed by atoms with Gasteiger partial charge in [-0.15, -0.1) is 0 Å². The molecular weight excluding hydrogens is 462 g/mol. The van der Waals surface area contributed by atoms with Gasteiger partial charge in [0.15, 0.2) is 0 Å². The summed E-state index contributed by atoms with van der Waals surface area (Å²) in [7, 11) is -3.97. The number of halogens is 1. The highest BCUT2D eigenvalue weighted by Crippen LogP contribution is 2.26. The van der Waals surface area contributed by atoms with Gasteiger partial charge in [-0.25, -0.2) is 13.2 Å². The minimum absolute atomic E-state index is 0.0250. The number of aliphatic hydroxyl groups excluding tert-OH is 1. The van der Waals surface area contributed by atoms with E-state index in [0.717, 1.165) is 11.1 Å². The van der Waals surface area contributed by atoms with Crippen molar-refractivity contribution >= 4 is 27.4 Å². The number of carbonyl (C=O) groups is 1. The van der Waals surface area contributed by atoms with Crippen LogP contribution in [0.2, 0.25) is 5.02 Å². The summed E-state index contributed by atoms with van der Waals surface area (Å²) in [5, 5.41) is 23.6. The van der Waals surface area contributed by atoms with Crippen LogP contribution in [0.3, 0.4) is 0 Å². The monoisotopic (exact) mass is 487 g/mol. The molecule has 8 heteroatoms. The maximum atomic E-state index is 13.0. The van der Waals surface area contributed by atoms with Crippen molar-refractivity contribution in [3.8, 4) is 0 Å². The van der Waals surface area contributed by atoms with Gasteiger partial charge in [0.2, 0.25) is 9.84 Å². The first-order valence-electron chi connectivity index (χ1n) is 10.4. The van der Waals surface area contributed by atoms with Crippen LogP contribution in [0.5, 0.6) is 0 Å². The van der Waals surface area contributed by atoms with E-state index in [-0.39, 0.29) is 21.4 Å². The van der Waals surface area contributed by atoms with E-state index < -0.39 is 21.9 Å². The fourth-order valence-electron chi connectivity index (χ4n) is 3.55. The summed E-state index contributed by atoms with van der Waals surface area (Å²) < 4.78 is 26.1. The van der Waals surface area contributed by atoms with Crippen LogP contribution in [0.4, 0.5) is 0 Å². The Bertz CT molecular complexity index is 1240. The Morgan fingerprint density at radius 1 is 1.06 bits per heavy atom. The minimum atomic E-state index is -3.97. The van der Waals surface area contributed by atoms with Crippen molar-refractivity contribution in [1.82, 2.24) is 5.32 Å². The van der Waals surface area contributed by atoms with Gasteiger partial charge in [-0.05, 0) is 67.8 Å². The van der Waals surface area contributed by atoms with Crippen molar-refractivity contribution in [2.45, 2.75) is 42.2 Å². The fourth-order valence-corrected chi connectivity index (χ4v) is 5.18. The molecule has 0 spiro atoms. The number of aliphatic hydroxyl groups is 1. The first-order chi connectivity index (χ1) is 15.6. The summed E-state index contributed by atoms with van der Waals surface area (Å²) in [4.78, 5) is 11.4. The van der Waals surface area contributed by atoms with Crippen molar-refractivity contribution in [2.75, 3.05) is 6.54 Å². The Hall–Kier alpha value is -2.71. The van der Waals surface area contributed by atoms with Crippen molar-refractivity contribution in [2.24, 2.45) is 0 Å². The smallest absolute Gasteiger partial charge is 0.337 e. The Kier molecular flexibility index (Phi) is 7.92. The zero-order chi connectivity index (χ0) is 24.2. The molecule has 0 aliphatic heterocycles. The topological polar surface area (TPSA) is 104 Å². The number of aryl methyl sites for hydroxylation is 1. The molecule has 3 aromatic carbocycles. The predicted molar refractivity (Wildman–Crippen MR) is 128 cm³/mol. The van der Waals surface area contributed by atoms with Gasteiger partial charge in [-0.2, -0.15) is 0 Å². The molecule has 0 radical (unpaired) electrons. The molecule has 0 aliphatic rings. The Balaban J connectivity index is 1.67. The maximum absolute atomic E-state index is 13.0. The summed E-state index contributed by atoms with van der Waals surface area (Å²) in [6.45, 7) is 4.03. The van der Waals surface area contributed by atoms with Crippen LogP contribution in [0.1, 0.15) is 40.1 Å². The lowest BCUT2D eigenvalue weighted by molar-refractivity contribution is 0.0692. The summed E-state index contributed by atoms with van der Waals surface area (Å²) in [6, 6.07) is 17.8. The third-order valence-electron chi connectivity index (χ3n) is 5.32. The van der Waals surface area contributed by atoms with Gasteiger partial charge in [-0.1, -0.05) is 47.5 Å². The molecule has 6 nitrogen and oxygen atoms in total. The molecule has 0 aromatic heterocycles. The summed E-state index contributed by atoms with van der Waals surface area (Å²) in [5.41, 5.74) is 2.07. The molecular formula is C25H26ClNO5S. The molecule has 0 saturated heterocycles. The standard InChI is InChI=1S/C25H26ClNO5S/c1-16-6-11-24(22(12-16)25(29)30)33(31,32)21-9-7-18(8-10-21)13-17(2)27-15-23(28)19-4-3-5-20(26)14-19/h3-12,14,17,23,27-28H,13,15H2,1-2H3,(H,29,30)/t17-,23+/m1/s1. The second-order valence-electron chi connectivity index (χ2n) is 8.04. The summed E-state index contributed by atoms with van der Waals surface area (Å²) >= 11 is 5.97. The minimum Gasteiger partial charge on any atom is -0.478 e. The number of sulfone groups is 1. The number of benzene rings is 3. The van der Waals surface area contributed by atoms with E-state index in [4.69, 9.17) is 11.6 Å². The van der Waals surface area contributed by atoms with E-state index in [0.29, 0.717) is 23.6 Å². The van der Waals surface area contributed by atoms with E-state index in [1.54, 1.807) is 43.3 Å². The number of hydrogen-bond donors (Lipinski definition) is 3. The van der Waals surface area contributed by atoms with Gasteiger partial charge < -0.3 is 15.5 Å². The lowest BCUT2D eigenvalue weighted by Gasteiger charge is -2.18. The third-order valence-corrected chi connectivity index (χ3v) is 7.39. The molecule has 174 valence electrons. The number of rotatable bonds is 9. The van der Waals surface area contributed by atoms with Crippen LogP contribution in [-0.2, 0) is 16.3 Å². The Morgan fingerprint density at radius 3 is 2.39 bits per heavy atom. The highest BCUT2D eigenvalue weighted by Gasteiger charge is 2.24. The number of aromatic carboxylic acids is 1. The van der Waals surface area contributed by atoms with Gasteiger partial charge in [0.05, 0.1) is 21.5 Å². The number of nitrogens with one attached hydrogen (secondary N) is 1. The van der Waals surface area contributed by atoms with Crippen LogP contribution < -0.4 is 5.32 Å². The molecule has 2 atom stereocenters. The Morgan fingerprint density at radius 2 is 1.76 bits per heavy atom. The number of carboxylic acid groups (broad SMARTS) is 1. The van der Waals surface area contributed by atoms with Crippen molar-refractivity contribution in [1.29, 1.82) is 0 Å². The normalized spacial score (nSPS) is 13.5. The summed E-state index contributed by atoms with van der Waals surface area (Å²) in [6.07, 6.45) is -0.0790. The average Bonchev–Trinajstić information content (AvgIpc) is 2.77. The van der Waals surface area contributed by atoms with E-state index in [1.165, 1.54) is 24.3 Å². The average molecular weight is 488 g/mol. The van der Waals surface area contributed by atoms with Crippen LogP contribution in [0.25, 0.3) is 0 Å². The molecule has 0 heterocycles. The zero-order valence-electron chi connectivity index (χ0n) is 18.3. The van der Waals surface area contributed by atoms with E-state index in [9.17, 15) is 23.4 Å². The van der Waals surface area contributed by atoms with E-state index >= 15 is 0 Å². The second kappa shape index (κ2) is 10.5. The molecule has 0 aliphatic carbocycles. The second-order valence-corrected chi connectivity index (χ2v) is 10.4.